The van der Waals surface area contributed by atoms with Gasteiger partial charge in [-0.2, -0.15) is 0 Å². The number of aliphatic carboxylic acids is 1. The summed E-state index contributed by atoms with van der Waals surface area (Å²) in [5.41, 5.74) is 0. The lowest BCUT2D eigenvalue weighted by atomic mass is 9.81. The first-order valence-corrected chi connectivity index (χ1v) is 8.37. The van der Waals surface area contributed by atoms with Crippen LogP contribution in [-0.2, 0) is 9.59 Å². The van der Waals surface area contributed by atoms with E-state index < -0.39 is 5.97 Å². The van der Waals surface area contributed by atoms with Gasteiger partial charge in [-0.05, 0) is 58.0 Å². The third-order valence-corrected chi connectivity index (χ3v) is 4.92. The number of carbonyl (C=O) groups excluding carboxylic acids is 1. The molecule has 2 aliphatic rings. The Hall–Kier alpha value is -1.10. The normalized spacial score (nSPS) is 27.3. The van der Waals surface area contributed by atoms with E-state index in [9.17, 15) is 9.59 Å². The average Bonchev–Trinajstić information content (AvgIpc) is 2.53. The molecule has 0 bridgehead atoms. The van der Waals surface area contributed by atoms with E-state index in [4.69, 9.17) is 5.11 Å². The number of nitrogens with zero attached hydrogens (tertiary/aromatic N) is 1. The van der Waals surface area contributed by atoms with Gasteiger partial charge in [-0.3, -0.25) is 9.59 Å². The monoisotopic (exact) mass is 296 g/mol. The molecule has 0 radical (unpaired) electrons. The standard InChI is InChI=1S/C16H28N2O3/c1-2-11-18(14-7-9-17-10-8-14)15(19)12-3-5-13(6-4-12)16(20)21/h12-14,17H,2-11H2,1H3,(H,20,21). The third-order valence-electron chi connectivity index (χ3n) is 4.92. The summed E-state index contributed by atoms with van der Waals surface area (Å²) < 4.78 is 0. The Kier molecular flexibility index (Phi) is 6.03. The first-order chi connectivity index (χ1) is 10.1. The molecule has 1 aliphatic heterocycles. The maximum atomic E-state index is 12.8. The Labute approximate surface area is 127 Å². The summed E-state index contributed by atoms with van der Waals surface area (Å²) in [5.74, 6) is -0.633. The van der Waals surface area contributed by atoms with Crippen molar-refractivity contribution >= 4 is 11.9 Å². The zero-order valence-electron chi connectivity index (χ0n) is 13.0. The van der Waals surface area contributed by atoms with Crippen molar-refractivity contribution < 1.29 is 14.7 Å². The Bertz CT molecular complexity index is 359. The van der Waals surface area contributed by atoms with Crippen LogP contribution >= 0.6 is 0 Å². The number of hydrogen-bond acceptors (Lipinski definition) is 3. The van der Waals surface area contributed by atoms with Gasteiger partial charge in [0.05, 0.1) is 5.92 Å². The Balaban J connectivity index is 1.93. The van der Waals surface area contributed by atoms with Crippen LogP contribution in [0.5, 0.6) is 0 Å². The van der Waals surface area contributed by atoms with Crippen molar-refractivity contribution in [3.8, 4) is 0 Å². The van der Waals surface area contributed by atoms with E-state index in [1.165, 1.54) is 0 Å². The number of rotatable bonds is 5. The molecule has 2 N–H and O–H groups in total. The smallest absolute Gasteiger partial charge is 0.306 e. The predicted octanol–water partition coefficient (Wildman–Crippen LogP) is 1.87. The lowest BCUT2D eigenvalue weighted by Crippen LogP contribution is -2.49. The fourth-order valence-corrected chi connectivity index (χ4v) is 3.65. The van der Waals surface area contributed by atoms with Gasteiger partial charge in [0.2, 0.25) is 5.91 Å². The molecular formula is C16H28N2O3. The molecule has 0 aromatic heterocycles. The molecule has 1 amide bonds. The number of nitrogens with one attached hydrogen (secondary N) is 1. The highest BCUT2D eigenvalue weighted by Crippen LogP contribution is 2.31. The van der Waals surface area contributed by atoms with Crippen LogP contribution in [-0.4, -0.2) is 47.6 Å². The van der Waals surface area contributed by atoms with Crippen molar-refractivity contribution in [3.05, 3.63) is 0 Å². The highest BCUT2D eigenvalue weighted by atomic mass is 16.4. The maximum absolute atomic E-state index is 12.8. The summed E-state index contributed by atoms with van der Waals surface area (Å²) in [7, 11) is 0. The van der Waals surface area contributed by atoms with Crippen LogP contribution in [0.25, 0.3) is 0 Å². The zero-order valence-corrected chi connectivity index (χ0v) is 13.0. The van der Waals surface area contributed by atoms with Crippen molar-refractivity contribution in [2.24, 2.45) is 11.8 Å². The summed E-state index contributed by atoms with van der Waals surface area (Å²) in [4.78, 5) is 25.9. The van der Waals surface area contributed by atoms with E-state index in [1.54, 1.807) is 0 Å². The van der Waals surface area contributed by atoms with Crippen molar-refractivity contribution in [3.63, 3.8) is 0 Å². The first kappa shape index (κ1) is 16.3. The molecule has 1 aliphatic carbocycles. The molecule has 1 saturated carbocycles. The van der Waals surface area contributed by atoms with Crippen molar-refractivity contribution in [2.75, 3.05) is 19.6 Å². The van der Waals surface area contributed by atoms with Gasteiger partial charge in [0.15, 0.2) is 0 Å². The minimum atomic E-state index is -0.704. The largest absolute Gasteiger partial charge is 0.481 e. The van der Waals surface area contributed by atoms with E-state index in [0.717, 1.165) is 51.7 Å². The molecule has 5 nitrogen and oxygen atoms in total. The highest BCUT2D eigenvalue weighted by molar-refractivity contribution is 5.80. The first-order valence-electron chi connectivity index (χ1n) is 8.37. The van der Waals surface area contributed by atoms with Crippen molar-refractivity contribution in [2.45, 2.75) is 57.9 Å². The second kappa shape index (κ2) is 7.78. The highest BCUT2D eigenvalue weighted by Gasteiger charge is 2.34. The molecule has 1 heterocycles. The van der Waals surface area contributed by atoms with Gasteiger partial charge in [-0.1, -0.05) is 6.92 Å². The number of carboxylic acid groups (broad SMARTS) is 1. The molecule has 120 valence electrons. The average molecular weight is 296 g/mol. The van der Waals surface area contributed by atoms with E-state index in [2.05, 4.69) is 17.1 Å². The van der Waals surface area contributed by atoms with E-state index in [-0.39, 0.29) is 17.7 Å². The van der Waals surface area contributed by atoms with Crippen LogP contribution in [0.3, 0.4) is 0 Å². The molecular weight excluding hydrogens is 268 g/mol. The van der Waals surface area contributed by atoms with Crippen LogP contribution in [0.1, 0.15) is 51.9 Å². The molecule has 0 atom stereocenters. The molecule has 0 aromatic carbocycles. The molecule has 2 fully saturated rings. The lowest BCUT2D eigenvalue weighted by molar-refractivity contribution is -0.146. The summed E-state index contributed by atoms with van der Waals surface area (Å²) in [5, 5.41) is 12.4. The molecule has 0 unspecified atom stereocenters. The van der Waals surface area contributed by atoms with Gasteiger partial charge >= 0.3 is 5.97 Å². The molecule has 21 heavy (non-hydrogen) atoms. The van der Waals surface area contributed by atoms with Crippen molar-refractivity contribution in [1.29, 1.82) is 0 Å². The van der Waals surface area contributed by atoms with Crippen LogP contribution in [0.4, 0.5) is 0 Å². The minimum Gasteiger partial charge on any atom is -0.481 e. The molecule has 0 spiro atoms. The van der Waals surface area contributed by atoms with Crippen LogP contribution in [0.2, 0.25) is 0 Å². The van der Waals surface area contributed by atoms with Crippen LogP contribution < -0.4 is 5.32 Å². The predicted molar refractivity (Wildman–Crippen MR) is 81.0 cm³/mol. The lowest BCUT2D eigenvalue weighted by Gasteiger charge is -2.38. The summed E-state index contributed by atoms with van der Waals surface area (Å²) in [6.45, 7) is 4.93. The Morgan fingerprint density at radius 3 is 2.14 bits per heavy atom. The second-order valence-corrected chi connectivity index (χ2v) is 6.40. The van der Waals surface area contributed by atoms with Crippen LogP contribution in [0.15, 0.2) is 0 Å². The number of amides is 1. The van der Waals surface area contributed by atoms with Crippen molar-refractivity contribution in [1.82, 2.24) is 10.2 Å². The topological polar surface area (TPSA) is 69.6 Å². The fraction of sp³-hybridized carbons (Fsp3) is 0.875. The minimum absolute atomic E-state index is 0.0436. The quantitative estimate of drug-likeness (QED) is 0.812. The molecule has 5 heteroatoms. The SMILES string of the molecule is CCCN(C(=O)C1CCC(C(=O)O)CC1)C1CCNCC1. The van der Waals surface area contributed by atoms with Gasteiger partial charge in [-0.15, -0.1) is 0 Å². The summed E-state index contributed by atoms with van der Waals surface area (Å²) in [6, 6.07) is 0.371. The number of carbonyl (C=O) groups is 2. The van der Waals surface area contributed by atoms with Gasteiger partial charge in [0.1, 0.15) is 0 Å². The Morgan fingerprint density at radius 2 is 1.62 bits per heavy atom. The van der Waals surface area contributed by atoms with Crippen LogP contribution in [0, 0.1) is 11.8 Å². The third kappa shape index (κ3) is 4.19. The zero-order chi connectivity index (χ0) is 15.2. The van der Waals surface area contributed by atoms with E-state index >= 15 is 0 Å². The number of hydrogen-bond donors (Lipinski definition) is 2. The van der Waals surface area contributed by atoms with E-state index in [0.29, 0.717) is 18.9 Å². The Morgan fingerprint density at radius 1 is 1.05 bits per heavy atom. The van der Waals surface area contributed by atoms with E-state index in [1.807, 2.05) is 0 Å². The molecule has 0 aromatic rings. The summed E-state index contributed by atoms with van der Waals surface area (Å²) in [6.07, 6.45) is 5.84. The molecule has 2 rings (SSSR count). The second-order valence-electron chi connectivity index (χ2n) is 6.40. The summed E-state index contributed by atoms with van der Waals surface area (Å²) >= 11 is 0. The van der Waals surface area contributed by atoms with Gasteiger partial charge < -0.3 is 15.3 Å². The number of piperidine rings is 1. The number of carboxylic acids is 1. The fourth-order valence-electron chi connectivity index (χ4n) is 3.65. The van der Waals surface area contributed by atoms with Gasteiger partial charge in [-0.25, -0.2) is 0 Å². The maximum Gasteiger partial charge on any atom is 0.306 e. The van der Waals surface area contributed by atoms with Gasteiger partial charge in [0, 0.05) is 18.5 Å². The van der Waals surface area contributed by atoms with Gasteiger partial charge in [0.25, 0.3) is 0 Å². The molecule has 1 saturated heterocycles.